The van der Waals surface area contributed by atoms with Crippen LogP contribution in [-0.2, 0) is 12.8 Å². The van der Waals surface area contributed by atoms with Gasteiger partial charge in [-0.2, -0.15) is 0 Å². The van der Waals surface area contributed by atoms with Crippen molar-refractivity contribution in [3.63, 3.8) is 0 Å². The summed E-state index contributed by atoms with van der Waals surface area (Å²) in [6.45, 7) is 3.24. The minimum atomic E-state index is 0.453. The maximum Gasteiger partial charge on any atom is 0.119 e. The Morgan fingerprint density at radius 3 is 2.62 bits per heavy atom. The van der Waals surface area contributed by atoms with Crippen LogP contribution in [0.2, 0.25) is 0 Å². The average molecular weight is 395 g/mol. The number of hydrogen-bond donors (Lipinski definition) is 1. The molecule has 0 amide bonds. The van der Waals surface area contributed by atoms with Crippen LogP contribution in [0.5, 0.6) is 5.75 Å². The van der Waals surface area contributed by atoms with Crippen molar-refractivity contribution in [2.45, 2.75) is 25.8 Å². The number of rotatable bonds is 7. The highest BCUT2D eigenvalue weighted by molar-refractivity contribution is 14.1. The van der Waals surface area contributed by atoms with E-state index in [4.69, 9.17) is 4.74 Å². The molecule has 2 nitrogen and oxygen atoms in total. The lowest BCUT2D eigenvalue weighted by atomic mass is 10.1. The molecule has 0 aromatic heterocycles. The molecule has 1 unspecified atom stereocenters. The van der Waals surface area contributed by atoms with Gasteiger partial charge in [0.2, 0.25) is 0 Å². The summed E-state index contributed by atoms with van der Waals surface area (Å²) in [4.78, 5) is 0. The van der Waals surface area contributed by atoms with Crippen LogP contribution in [0.25, 0.3) is 0 Å². The Labute approximate surface area is 141 Å². The summed E-state index contributed by atoms with van der Waals surface area (Å²) in [5.74, 6) is 0.932. The number of hydrogen-bond acceptors (Lipinski definition) is 2. The zero-order valence-corrected chi connectivity index (χ0v) is 14.8. The summed E-state index contributed by atoms with van der Waals surface area (Å²) in [6.07, 6.45) is 2.09. The van der Waals surface area contributed by atoms with Gasteiger partial charge in [0.15, 0.2) is 0 Å². The maximum atomic E-state index is 5.31. The summed E-state index contributed by atoms with van der Waals surface area (Å²) in [5.41, 5.74) is 2.72. The van der Waals surface area contributed by atoms with Gasteiger partial charge >= 0.3 is 0 Å². The largest absolute Gasteiger partial charge is 0.497 e. The van der Waals surface area contributed by atoms with E-state index in [1.54, 1.807) is 7.11 Å². The lowest BCUT2D eigenvalue weighted by Gasteiger charge is -2.15. The zero-order chi connectivity index (χ0) is 15.1. The van der Waals surface area contributed by atoms with Crippen LogP contribution in [-0.4, -0.2) is 19.7 Å². The molecular weight excluding hydrogens is 373 g/mol. The van der Waals surface area contributed by atoms with Crippen molar-refractivity contribution in [3.8, 4) is 5.75 Å². The third-order valence-electron chi connectivity index (χ3n) is 3.53. The van der Waals surface area contributed by atoms with Crippen molar-refractivity contribution in [1.82, 2.24) is 5.32 Å². The van der Waals surface area contributed by atoms with Crippen LogP contribution in [0.4, 0.5) is 0 Å². The van der Waals surface area contributed by atoms with Crippen molar-refractivity contribution in [2.24, 2.45) is 0 Å². The minimum absolute atomic E-state index is 0.453. The molecule has 3 heteroatoms. The van der Waals surface area contributed by atoms with Crippen LogP contribution in [0, 0.1) is 3.57 Å². The van der Waals surface area contributed by atoms with Crippen LogP contribution < -0.4 is 10.1 Å². The van der Waals surface area contributed by atoms with E-state index >= 15 is 0 Å². The summed E-state index contributed by atoms with van der Waals surface area (Å²) < 4.78 is 6.60. The van der Waals surface area contributed by atoms with E-state index in [9.17, 15) is 0 Å². The Bertz CT molecular complexity index is 556. The monoisotopic (exact) mass is 395 g/mol. The molecule has 0 spiro atoms. The van der Waals surface area contributed by atoms with Crippen molar-refractivity contribution in [1.29, 1.82) is 0 Å². The molecule has 0 saturated carbocycles. The molecular formula is C18H22INO. The molecule has 0 fully saturated rings. The second-order valence-corrected chi connectivity index (χ2v) is 6.41. The highest BCUT2D eigenvalue weighted by Crippen LogP contribution is 2.20. The highest BCUT2D eigenvalue weighted by atomic mass is 127. The molecule has 0 aliphatic heterocycles. The van der Waals surface area contributed by atoms with Crippen molar-refractivity contribution < 1.29 is 4.74 Å². The van der Waals surface area contributed by atoms with Crippen LogP contribution in [0.3, 0.4) is 0 Å². The molecule has 0 bridgehead atoms. The van der Waals surface area contributed by atoms with Crippen molar-refractivity contribution in [2.75, 3.05) is 13.7 Å². The Balaban J connectivity index is 1.83. The lowest BCUT2D eigenvalue weighted by Crippen LogP contribution is -2.30. The first-order valence-corrected chi connectivity index (χ1v) is 8.36. The highest BCUT2D eigenvalue weighted by Gasteiger charge is 2.07. The number of benzene rings is 2. The number of halogens is 1. The molecule has 21 heavy (non-hydrogen) atoms. The van der Waals surface area contributed by atoms with Gasteiger partial charge in [-0.15, -0.1) is 0 Å². The van der Waals surface area contributed by atoms with Crippen LogP contribution >= 0.6 is 22.6 Å². The Morgan fingerprint density at radius 1 is 1.14 bits per heavy atom. The topological polar surface area (TPSA) is 21.3 Å². The van der Waals surface area contributed by atoms with E-state index in [1.807, 2.05) is 6.07 Å². The van der Waals surface area contributed by atoms with Crippen molar-refractivity contribution in [3.05, 3.63) is 63.2 Å². The number of methoxy groups -OCH3 is 1. The van der Waals surface area contributed by atoms with E-state index in [1.165, 1.54) is 14.7 Å². The van der Waals surface area contributed by atoms with E-state index in [0.29, 0.717) is 6.04 Å². The summed E-state index contributed by atoms with van der Waals surface area (Å²) in [6, 6.07) is 17.3. The fourth-order valence-electron chi connectivity index (χ4n) is 2.34. The molecule has 0 aliphatic rings. The van der Waals surface area contributed by atoms with Crippen LogP contribution in [0.1, 0.15) is 18.1 Å². The van der Waals surface area contributed by atoms with Gasteiger partial charge in [0.05, 0.1) is 7.11 Å². The van der Waals surface area contributed by atoms with Gasteiger partial charge in [0.1, 0.15) is 5.75 Å². The second-order valence-electron chi connectivity index (χ2n) is 5.25. The second kappa shape index (κ2) is 8.39. The van der Waals surface area contributed by atoms with Gasteiger partial charge in [-0.1, -0.05) is 30.3 Å². The molecule has 2 aromatic rings. The van der Waals surface area contributed by atoms with Gasteiger partial charge < -0.3 is 10.1 Å². The molecule has 0 radical (unpaired) electrons. The minimum Gasteiger partial charge on any atom is -0.497 e. The van der Waals surface area contributed by atoms with Gasteiger partial charge in [0, 0.05) is 9.61 Å². The molecule has 2 aromatic carbocycles. The third kappa shape index (κ3) is 5.32. The molecule has 2 rings (SSSR count). The van der Waals surface area contributed by atoms with E-state index < -0.39 is 0 Å². The zero-order valence-electron chi connectivity index (χ0n) is 12.6. The van der Waals surface area contributed by atoms with E-state index in [0.717, 1.165) is 25.1 Å². The van der Waals surface area contributed by atoms with Crippen molar-refractivity contribution >= 4 is 22.6 Å². The molecule has 1 atom stereocenters. The van der Waals surface area contributed by atoms with Gasteiger partial charge in [-0.3, -0.25) is 0 Å². The molecule has 0 aliphatic carbocycles. The summed E-state index contributed by atoms with van der Waals surface area (Å²) in [5, 5.41) is 3.60. The standard InChI is InChI=1S/C18H22INO/c1-14(20-11-10-15-6-4-3-5-7-15)12-16-13-17(21-2)8-9-18(16)19/h3-9,13-14,20H,10-12H2,1-2H3. The Kier molecular flexibility index (Phi) is 6.51. The first-order valence-electron chi connectivity index (χ1n) is 7.29. The quantitative estimate of drug-likeness (QED) is 0.714. The summed E-state index contributed by atoms with van der Waals surface area (Å²) in [7, 11) is 1.72. The first-order chi connectivity index (χ1) is 10.2. The predicted molar refractivity (Wildman–Crippen MR) is 97.0 cm³/mol. The lowest BCUT2D eigenvalue weighted by molar-refractivity contribution is 0.413. The predicted octanol–water partition coefficient (Wildman–Crippen LogP) is 4.06. The van der Waals surface area contributed by atoms with Crippen LogP contribution in [0.15, 0.2) is 48.5 Å². The average Bonchev–Trinajstić information content (AvgIpc) is 2.50. The maximum absolute atomic E-state index is 5.31. The number of ether oxygens (including phenoxy) is 1. The smallest absolute Gasteiger partial charge is 0.119 e. The van der Waals surface area contributed by atoms with Gasteiger partial charge in [-0.05, 0) is 78.2 Å². The Hall–Kier alpha value is -1.07. The molecule has 0 saturated heterocycles. The van der Waals surface area contributed by atoms with Gasteiger partial charge in [0.25, 0.3) is 0 Å². The molecule has 112 valence electrons. The molecule has 0 heterocycles. The number of nitrogens with one attached hydrogen (secondary N) is 1. The summed E-state index contributed by atoms with van der Waals surface area (Å²) >= 11 is 2.39. The molecule has 1 N–H and O–H groups in total. The van der Waals surface area contributed by atoms with Gasteiger partial charge in [-0.25, -0.2) is 0 Å². The van der Waals surface area contributed by atoms with E-state index in [-0.39, 0.29) is 0 Å². The SMILES string of the molecule is COc1ccc(I)c(CC(C)NCCc2ccccc2)c1. The third-order valence-corrected chi connectivity index (χ3v) is 4.58. The fraction of sp³-hybridized carbons (Fsp3) is 0.333. The van der Waals surface area contributed by atoms with E-state index in [2.05, 4.69) is 77.3 Å². The Morgan fingerprint density at radius 2 is 1.90 bits per heavy atom. The first kappa shape index (κ1) is 16.3. The normalized spacial score (nSPS) is 12.1. The fourth-order valence-corrected chi connectivity index (χ4v) is 2.90.